The number of ether oxygens (including phenoxy) is 1. The third kappa shape index (κ3) is 3.11. The normalized spacial score (nSPS) is 16.9. The lowest BCUT2D eigenvalue weighted by atomic mass is 10.1. The fraction of sp³-hybridized carbons (Fsp3) is 0.333. The smallest absolute Gasteiger partial charge is 0.277 e. The van der Waals surface area contributed by atoms with Crippen LogP contribution < -0.4 is 10.9 Å². The van der Waals surface area contributed by atoms with Crippen LogP contribution in [0.4, 0.5) is 5.95 Å². The van der Waals surface area contributed by atoms with Gasteiger partial charge in [-0.25, -0.2) is 4.98 Å². The first-order valence-electron chi connectivity index (χ1n) is 8.56. The summed E-state index contributed by atoms with van der Waals surface area (Å²) in [5.74, 6) is 0.147. The molecule has 0 saturated carbocycles. The number of hydrogen-bond donors (Lipinski definition) is 2. The van der Waals surface area contributed by atoms with E-state index in [9.17, 15) is 9.59 Å². The number of benzene rings is 1. The number of amides is 1. The van der Waals surface area contributed by atoms with Gasteiger partial charge in [0.05, 0.1) is 5.69 Å². The standard InChI is InChI=1S/C18H19N5O3/c1-11-13(10-12-6-3-2-4-7-12)16(25)23-18(19-11)21-17(22-23)20-15(24)14-8-5-9-26-14/h2-4,6-7,14H,5,8-10H2,1H3,(H2,19,20,21,22,24). The largest absolute Gasteiger partial charge is 0.368 e. The van der Waals surface area contributed by atoms with Gasteiger partial charge in [0.1, 0.15) is 6.10 Å². The average Bonchev–Trinajstić information content (AvgIpc) is 3.29. The number of aromatic nitrogens is 4. The highest BCUT2D eigenvalue weighted by molar-refractivity contribution is 5.92. The van der Waals surface area contributed by atoms with E-state index in [0.29, 0.717) is 30.7 Å². The Kier molecular flexibility index (Phi) is 4.26. The number of carbonyl (C=O) groups excluding carboxylic acids is 1. The van der Waals surface area contributed by atoms with Crippen LogP contribution in [-0.2, 0) is 16.0 Å². The van der Waals surface area contributed by atoms with Crippen molar-refractivity contribution in [2.24, 2.45) is 0 Å². The number of rotatable bonds is 4. The molecule has 0 spiro atoms. The molecule has 3 aromatic rings. The number of anilines is 1. The molecule has 1 amide bonds. The Morgan fingerprint density at radius 1 is 1.35 bits per heavy atom. The lowest BCUT2D eigenvalue weighted by Crippen LogP contribution is -2.27. The number of nitrogens with zero attached hydrogens (tertiary/aromatic N) is 3. The number of fused-ring (bicyclic) bond motifs is 1. The number of hydrogen-bond acceptors (Lipinski definition) is 5. The quantitative estimate of drug-likeness (QED) is 0.739. The molecule has 4 rings (SSSR count). The van der Waals surface area contributed by atoms with E-state index in [4.69, 9.17) is 4.74 Å². The predicted molar refractivity (Wildman–Crippen MR) is 95.2 cm³/mol. The summed E-state index contributed by atoms with van der Waals surface area (Å²) < 4.78 is 6.61. The van der Waals surface area contributed by atoms with E-state index in [-0.39, 0.29) is 23.2 Å². The van der Waals surface area contributed by atoms with Crippen LogP contribution in [-0.4, -0.2) is 38.2 Å². The van der Waals surface area contributed by atoms with Crippen molar-refractivity contribution in [3.63, 3.8) is 0 Å². The van der Waals surface area contributed by atoms with E-state index in [1.54, 1.807) is 6.92 Å². The highest BCUT2D eigenvalue weighted by Gasteiger charge is 2.24. The van der Waals surface area contributed by atoms with Gasteiger partial charge in [-0.2, -0.15) is 9.50 Å². The van der Waals surface area contributed by atoms with Crippen LogP contribution in [0.1, 0.15) is 29.7 Å². The molecule has 8 nitrogen and oxygen atoms in total. The molecule has 2 aromatic heterocycles. The van der Waals surface area contributed by atoms with Crippen molar-refractivity contribution < 1.29 is 9.53 Å². The summed E-state index contributed by atoms with van der Waals surface area (Å²) in [6.07, 6.45) is 1.56. The Balaban J connectivity index is 1.64. The molecule has 134 valence electrons. The van der Waals surface area contributed by atoms with Crippen LogP contribution in [0, 0.1) is 6.92 Å². The van der Waals surface area contributed by atoms with Gasteiger partial charge in [-0.15, -0.1) is 0 Å². The van der Waals surface area contributed by atoms with E-state index < -0.39 is 6.10 Å². The van der Waals surface area contributed by atoms with Crippen molar-refractivity contribution in [1.82, 2.24) is 19.6 Å². The Morgan fingerprint density at radius 2 is 2.15 bits per heavy atom. The minimum absolute atomic E-state index is 0.186. The summed E-state index contributed by atoms with van der Waals surface area (Å²) in [4.78, 5) is 33.6. The molecule has 2 N–H and O–H groups in total. The zero-order chi connectivity index (χ0) is 18.1. The predicted octanol–water partition coefficient (Wildman–Crippen LogP) is 1.43. The van der Waals surface area contributed by atoms with Gasteiger partial charge in [0.25, 0.3) is 17.2 Å². The molecule has 1 unspecified atom stereocenters. The molecule has 0 aliphatic carbocycles. The second kappa shape index (κ2) is 6.72. The number of H-pyrrole nitrogens is 1. The SMILES string of the molecule is Cc1nc2nc(NC(=O)C3CCCO3)[nH]n2c(=O)c1Cc1ccccc1. The maximum absolute atomic E-state index is 12.8. The minimum Gasteiger partial charge on any atom is -0.368 e. The number of aryl methyl sites for hydroxylation is 1. The summed E-state index contributed by atoms with van der Waals surface area (Å²) in [7, 11) is 0. The third-order valence-corrected chi connectivity index (χ3v) is 4.48. The van der Waals surface area contributed by atoms with Gasteiger partial charge in [-0.1, -0.05) is 30.3 Å². The fourth-order valence-corrected chi connectivity index (χ4v) is 3.10. The molecule has 8 heteroatoms. The van der Waals surface area contributed by atoms with E-state index in [1.165, 1.54) is 4.52 Å². The highest BCUT2D eigenvalue weighted by Crippen LogP contribution is 2.14. The lowest BCUT2D eigenvalue weighted by molar-refractivity contribution is -0.124. The number of carbonyl (C=O) groups is 1. The van der Waals surface area contributed by atoms with Crippen molar-refractivity contribution in [3.05, 3.63) is 57.5 Å². The summed E-state index contributed by atoms with van der Waals surface area (Å²) >= 11 is 0. The third-order valence-electron chi connectivity index (χ3n) is 4.48. The first-order chi connectivity index (χ1) is 12.6. The van der Waals surface area contributed by atoms with Crippen molar-refractivity contribution in [1.29, 1.82) is 0 Å². The van der Waals surface area contributed by atoms with Gasteiger partial charge in [-0.05, 0) is 25.3 Å². The monoisotopic (exact) mass is 353 g/mol. The van der Waals surface area contributed by atoms with Gasteiger partial charge in [0.2, 0.25) is 5.95 Å². The summed E-state index contributed by atoms with van der Waals surface area (Å²) in [5.41, 5.74) is 2.03. The highest BCUT2D eigenvalue weighted by atomic mass is 16.5. The van der Waals surface area contributed by atoms with Gasteiger partial charge in [-0.3, -0.25) is 20.0 Å². The Bertz CT molecular complexity index is 1000. The molecule has 1 aliphatic rings. The van der Waals surface area contributed by atoms with Crippen molar-refractivity contribution in [2.75, 3.05) is 11.9 Å². The Labute approximate surface area is 149 Å². The molecule has 1 aromatic carbocycles. The summed E-state index contributed by atoms with van der Waals surface area (Å²) in [5, 5.41) is 5.47. The van der Waals surface area contributed by atoms with Crippen LogP contribution >= 0.6 is 0 Å². The second-order valence-corrected chi connectivity index (χ2v) is 6.34. The van der Waals surface area contributed by atoms with Crippen molar-refractivity contribution in [3.8, 4) is 0 Å². The van der Waals surface area contributed by atoms with Crippen LogP contribution in [0.3, 0.4) is 0 Å². The average molecular weight is 353 g/mol. The number of nitrogens with one attached hydrogen (secondary N) is 2. The van der Waals surface area contributed by atoms with Crippen molar-refractivity contribution in [2.45, 2.75) is 32.3 Å². The van der Waals surface area contributed by atoms with E-state index in [1.807, 2.05) is 30.3 Å². The fourth-order valence-electron chi connectivity index (χ4n) is 3.10. The first kappa shape index (κ1) is 16.5. The molecule has 0 bridgehead atoms. The van der Waals surface area contributed by atoms with Crippen LogP contribution in [0.2, 0.25) is 0 Å². The van der Waals surface area contributed by atoms with Gasteiger partial charge in [0.15, 0.2) is 0 Å². The van der Waals surface area contributed by atoms with Crippen LogP contribution in [0.5, 0.6) is 0 Å². The zero-order valence-corrected chi connectivity index (χ0v) is 14.4. The van der Waals surface area contributed by atoms with Crippen LogP contribution in [0.15, 0.2) is 35.1 Å². The van der Waals surface area contributed by atoms with E-state index in [0.717, 1.165) is 12.0 Å². The number of aromatic amines is 1. The molecule has 26 heavy (non-hydrogen) atoms. The van der Waals surface area contributed by atoms with Gasteiger partial charge < -0.3 is 4.74 Å². The molecule has 0 radical (unpaired) electrons. The Morgan fingerprint density at radius 3 is 2.88 bits per heavy atom. The molecule has 1 atom stereocenters. The lowest BCUT2D eigenvalue weighted by Gasteiger charge is -2.07. The Hall–Kier alpha value is -3.00. The van der Waals surface area contributed by atoms with Crippen LogP contribution in [0.25, 0.3) is 5.78 Å². The molecule has 1 aliphatic heterocycles. The molecule has 1 fully saturated rings. The summed E-state index contributed by atoms with van der Waals surface area (Å²) in [6.45, 7) is 2.38. The molecular formula is C18H19N5O3. The molecule has 3 heterocycles. The van der Waals surface area contributed by atoms with E-state index >= 15 is 0 Å². The molecular weight excluding hydrogens is 334 g/mol. The molecule has 1 saturated heterocycles. The zero-order valence-electron chi connectivity index (χ0n) is 14.4. The van der Waals surface area contributed by atoms with Gasteiger partial charge in [0, 0.05) is 18.6 Å². The minimum atomic E-state index is -0.469. The maximum atomic E-state index is 12.8. The maximum Gasteiger partial charge on any atom is 0.277 e. The van der Waals surface area contributed by atoms with Gasteiger partial charge >= 0.3 is 0 Å². The topological polar surface area (TPSA) is 101 Å². The second-order valence-electron chi connectivity index (χ2n) is 6.34. The first-order valence-corrected chi connectivity index (χ1v) is 8.56. The van der Waals surface area contributed by atoms with Crippen molar-refractivity contribution >= 4 is 17.6 Å². The van der Waals surface area contributed by atoms with E-state index in [2.05, 4.69) is 20.4 Å². The summed E-state index contributed by atoms with van der Waals surface area (Å²) in [6, 6.07) is 9.73.